The molecule has 19 heavy (non-hydrogen) atoms. The minimum absolute atomic E-state index is 0.177. The fourth-order valence-corrected chi connectivity index (χ4v) is 1.73. The van der Waals surface area contributed by atoms with Gasteiger partial charge in [0.2, 0.25) is 0 Å². The molecule has 5 nitrogen and oxygen atoms in total. The quantitative estimate of drug-likeness (QED) is 0.796. The summed E-state index contributed by atoms with van der Waals surface area (Å²) in [6, 6.07) is 8.51. The van der Waals surface area contributed by atoms with E-state index in [9.17, 15) is 14.1 Å². The minimum atomic E-state index is -0.451. The van der Waals surface area contributed by atoms with Crippen molar-refractivity contribution in [1.82, 2.24) is 0 Å². The molecule has 1 N–H and O–H groups in total. The molecule has 0 spiro atoms. The first-order valence-corrected chi connectivity index (χ1v) is 5.53. The van der Waals surface area contributed by atoms with Crippen LogP contribution in [0.4, 0.5) is 21.6 Å². The van der Waals surface area contributed by atoms with E-state index in [-0.39, 0.29) is 11.6 Å². The van der Waals surface area contributed by atoms with Crippen LogP contribution in [-0.2, 0) is 4.79 Å². The van der Waals surface area contributed by atoms with Gasteiger partial charge < -0.3 is 0 Å². The molecule has 2 aromatic rings. The monoisotopic (exact) mass is 260 g/mol. The second-order valence-corrected chi connectivity index (χ2v) is 3.86. The maximum absolute atomic E-state index is 13.2. The standard InChI is InChI=1S/C13H10FN3O2/c1-9(18)17(12-4-2-3-10(14)7-12)13-8-11(16-19)5-6-15-13/h2-8H,1H3/p+1. The highest BCUT2D eigenvalue weighted by molar-refractivity contribution is 5.97. The first-order chi connectivity index (χ1) is 9.11. The third kappa shape index (κ3) is 2.79. The number of rotatable bonds is 3. The number of carbonyl (C=O) groups excluding carboxylic acids is 1. The van der Waals surface area contributed by atoms with E-state index in [2.05, 4.69) is 10.2 Å². The van der Waals surface area contributed by atoms with Crippen molar-refractivity contribution in [3.05, 3.63) is 53.3 Å². The molecule has 0 saturated carbocycles. The lowest BCUT2D eigenvalue weighted by Gasteiger charge is -2.12. The largest absolute Gasteiger partial charge is 0.311 e. The molecular formula is C13H11FN3O2+. The summed E-state index contributed by atoms with van der Waals surface area (Å²) in [5, 5.41) is 2.80. The molecule has 0 aliphatic carbocycles. The van der Waals surface area contributed by atoms with Crippen molar-refractivity contribution in [3.8, 4) is 0 Å². The van der Waals surface area contributed by atoms with Crippen LogP contribution in [0.15, 0.2) is 47.8 Å². The van der Waals surface area contributed by atoms with Crippen molar-refractivity contribution in [1.29, 1.82) is 0 Å². The Labute approximate surface area is 108 Å². The number of benzene rings is 1. The fourth-order valence-electron chi connectivity index (χ4n) is 1.73. The van der Waals surface area contributed by atoms with Crippen molar-refractivity contribution < 1.29 is 14.2 Å². The molecule has 0 aliphatic rings. The molecule has 6 heteroatoms. The molecule has 0 unspecified atom stereocenters. The predicted molar refractivity (Wildman–Crippen MR) is 67.7 cm³/mol. The Balaban J connectivity index is 2.51. The van der Waals surface area contributed by atoms with Gasteiger partial charge in [-0.25, -0.2) is 14.2 Å². The van der Waals surface area contributed by atoms with Gasteiger partial charge in [-0.05, 0) is 17.3 Å². The van der Waals surface area contributed by atoms with Crippen LogP contribution >= 0.6 is 0 Å². The van der Waals surface area contributed by atoms with Crippen LogP contribution in [0.25, 0.3) is 0 Å². The van der Waals surface area contributed by atoms with Crippen molar-refractivity contribution >= 4 is 23.1 Å². The average molecular weight is 260 g/mol. The highest BCUT2D eigenvalue weighted by Gasteiger charge is 2.24. The molecule has 0 radical (unpaired) electrons. The number of pyridine rings is 1. The number of nitrogens with zero attached hydrogens (tertiary/aromatic N) is 2. The summed E-state index contributed by atoms with van der Waals surface area (Å²) in [6.07, 6.45) is 1.49. The maximum atomic E-state index is 13.2. The molecule has 0 bridgehead atoms. The summed E-state index contributed by atoms with van der Waals surface area (Å²) in [7, 11) is 0. The first kappa shape index (κ1) is 12.8. The van der Waals surface area contributed by atoms with Gasteiger partial charge in [0.05, 0.1) is 12.3 Å². The van der Waals surface area contributed by atoms with Gasteiger partial charge in [0.25, 0.3) is 5.82 Å². The summed E-state index contributed by atoms with van der Waals surface area (Å²) >= 11 is 0. The molecule has 0 atom stereocenters. The number of carbonyl (C=O) groups is 1. The third-order valence-corrected chi connectivity index (χ3v) is 2.50. The number of aromatic nitrogens is 1. The summed E-state index contributed by atoms with van der Waals surface area (Å²) in [5.74, 6) is -0.423. The fraction of sp³-hybridized carbons (Fsp3) is 0.0769. The van der Waals surface area contributed by atoms with Crippen LogP contribution in [0.5, 0.6) is 0 Å². The van der Waals surface area contributed by atoms with Crippen LogP contribution in [0.1, 0.15) is 6.92 Å². The van der Waals surface area contributed by atoms with Gasteiger partial charge in [-0.1, -0.05) is 6.07 Å². The normalized spacial score (nSPS) is 10.0. The Morgan fingerprint density at radius 2 is 2.11 bits per heavy atom. The van der Waals surface area contributed by atoms with Crippen LogP contribution in [0.3, 0.4) is 0 Å². The number of aromatic amines is 1. The lowest BCUT2D eigenvalue weighted by molar-refractivity contribution is -0.362. The van der Waals surface area contributed by atoms with E-state index in [0.717, 1.165) is 0 Å². The van der Waals surface area contributed by atoms with Gasteiger partial charge in [0, 0.05) is 19.1 Å². The average Bonchev–Trinajstić information content (AvgIpc) is 2.39. The number of nitroso groups, excluding NO2 is 1. The van der Waals surface area contributed by atoms with E-state index in [1.165, 1.54) is 48.4 Å². The zero-order valence-electron chi connectivity index (χ0n) is 10.1. The maximum Gasteiger partial charge on any atom is 0.311 e. The Kier molecular flexibility index (Phi) is 3.61. The lowest BCUT2D eigenvalue weighted by Crippen LogP contribution is -2.28. The minimum Gasteiger partial charge on any atom is -0.247 e. The van der Waals surface area contributed by atoms with Gasteiger partial charge in [-0.2, -0.15) is 4.90 Å². The van der Waals surface area contributed by atoms with Crippen LogP contribution < -0.4 is 9.88 Å². The zero-order valence-corrected chi connectivity index (χ0v) is 10.1. The van der Waals surface area contributed by atoms with Crippen molar-refractivity contribution in [2.24, 2.45) is 5.18 Å². The van der Waals surface area contributed by atoms with E-state index in [1.807, 2.05) is 0 Å². The van der Waals surface area contributed by atoms with Gasteiger partial charge in [0.15, 0.2) is 0 Å². The Bertz CT molecular complexity index is 631. The van der Waals surface area contributed by atoms with Gasteiger partial charge in [0.1, 0.15) is 17.2 Å². The van der Waals surface area contributed by atoms with E-state index in [1.54, 1.807) is 6.07 Å². The molecule has 1 amide bonds. The number of H-pyrrole nitrogens is 1. The summed E-state index contributed by atoms with van der Waals surface area (Å²) < 4.78 is 13.2. The smallest absolute Gasteiger partial charge is 0.247 e. The summed E-state index contributed by atoms with van der Waals surface area (Å²) in [5.41, 5.74) is 0.545. The molecule has 0 fully saturated rings. The first-order valence-electron chi connectivity index (χ1n) is 5.53. The van der Waals surface area contributed by atoms with Crippen LogP contribution in [0, 0.1) is 10.7 Å². The lowest BCUT2D eigenvalue weighted by atomic mass is 10.2. The van der Waals surface area contributed by atoms with Crippen molar-refractivity contribution in [3.63, 3.8) is 0 Å². The number of hydrogen-bond donors (Lipinski definition) is 0. The molecule has 0 saturated heterocycles. The van der Waals surface area contributed by atoms with Crippen LogP contribution in [-0.4, -0.2) is 5.91 Å². The van der Waals surface area contributed by atoms with Crippen molar-refractivity contribution in [2.75, 3.05) is 4.90 Å². The van der Waals surface area contributed by atoms with Crippen LogP contribution in [0.2, 0.25) is 0 Å². The molecular weight excluding hydrogens is 249 g/mol. The van der Waals surface area contributed by atoms with E-state index in [4.69, 9.17) is 0 Å². The van der Waals surface area contributed by atoms with Gasteiger partial charge in [-0.15, -0.1) is 4.91 Å². The number of hydrogen-bond acceptors (Lipinski definition) is 3. The Morgan fingerprint density at radius 1 is 1.32 bits per heavy atom. The number of amides is 1. The number of anilines is 2. The second kappa shape index (κ2) is 5.34. The molecule has 1 aromatic heterocycles. The zero-order chi connectivity index (χ0) is 13.8. The molecule has 0 aliphatic heterocycles. The molecule has 96 valence electrons. The predicted octanol–water partition coefficient (Wildman–Crippen LogP) is 2.72. The highest BCUT2D eigenvalue weighted by Crippen LogP contribution is 2.25. The highest BCUT2D eigenvalue weighted by atomic mass is 19.1. The van der Waals surface area contributed by atoms with Gasteiger partial charge >= 0.3 is 5.91 Å². The number of nitrogens with one attached hydrogen (secondary N) is 1. The van der Waals surface area contributed by atoms with Gasteiger partial charge in [-0.3, -0.25) is 0 Å². The van der Waals surface area contributed by atoms with E-state index < -0.39 is 5.82 Å². The van der Waals surface area contributed by atoms with E-state index >= 15 is 0 Å². The van der Waals surface area contributed by atoms with Crippen molar-refractivity contribution in [2.45, 2.75) is 6.92 Å². The Hall–Kier alpha value is -2.63. The SMILES string of the molecule is CC(=O)N(c1cccc(F)c1)c1cc(N=O)cc[nH+]1. The molecule has 1 aromatic carbocycles. The molecule has 1 heterocycles. The Morgan fingerprint density at radius 3 is 2.74 bits per heavy atom. The second-order valence-electron chi connectivity index (χ2n) is 3.86. The topological polar surface area (TPSA) is 63.9 Å². The third-order valence-electron chi connectivity index (χ3n) is 2.50. The summed E-state index contributed by atoms with van der Waals surface area (Å²) in [4.78, 5) is 26.3. The summed E-state index contributed by atoms with van der Waals surface area (Å²) in [6.45, 7) is 1.35. The van der Waals surface area contributed by atoms with E-state index in [0.29, 0.717) is 11.5 Å². The number of halogens is 1. The molecule has 2 rings (SSSR count).